The Morgan fingerprint density at radius 3 is 2.45 bits per heavy atom. The van der Waals surface area contributed by atoms with Crippen LogP contribution in [0.1, 0.15) is 21.4 Å². The van der Waals surface area contributed by atoms with Gasteiger partial charge in [-0.15, -0.1) is 22.9 Å². The van der Waals surface area contributed by atoms with E-state index in [1.54, 1.807) is 12.1 Å². The molecule has 0 bridgehead atoms. The number of hydrogen-bond donors (Lipinski definition) is 0. The van der Waals surface area contributed by atoms with Crippen LogP contribution in [0.2, 0.25) is 5.02 Å². The van der Waals surface area contributed by atoms with Gasteiger partial charge in [0.1, 0.15) is 5.82 Å². The lowest BCUT2D eigenvalue weighted by Gasteiger charge is -2.13. The number of aryl methyl sites for hydroxylation is 1. The summed E-state index contributed by atoms with van der Waals surface area (Å²) < 4.78 is 13.8. The molecule has 3 rings (SSSR count). The zero-order valence-corrected chi connectivity index (χ0v) is 13.0. The Bertz CT molecular complexity index is 779. The van der Waals surface area contributed by atoms with Crippen LogP contribution in [0.25, 0.3) is 10.8 Å². The second kappa shape index (κ2) is 5.36. The molecule has 0 aliphatic carbocycles. The van der Waals surface area contributed by atoms with Gasteiger partial charge in [0, 0.05) is 10.3 Å². The van der Waals surface area contributed by atoms with Crippen LogP contribution in [-0.4, -0.2) is 0 Å². The molecule has 20 heavy (non-hydrogen) atoms. The van der Waals surface area contributed by atoms with Crippen molar-refractivity contribution >= 4 is 45.3 Å². The first kappa shape index (κ1) is 13.9. The van der Waals surface area contributed by atoms with Crippen molar-refractivity contribution in [3.8, 4) is 0 Å². The number of benzene rings is 2. The maximum absolute atomic E-state index is 13.8. The van der Waals surface area contributed by atoms with Gasteiger partial charge in [-0.1, -0.05) is 41.9 Å². The smallest absolute Gasteiger partial charge is 0.131 e. The molecule has 0 amide bonds. The molecule has 1 aromatic heterocycles. The average molecular weight is 325 g/mol. The standard InChI is InChI=1S/C16H11Cl2FS/c1-9-8-20-16(14(9)17)15(18)12-6-7-13(19)11-5-3-2-4-10(11)12/h2-8,15H,1H3. The Labute approximate surface area is 130 Å². The van der Waals surface area contributed by atoms with E-state index in [9.17, 15) is 4.39 Å². The Morgan fingerprint density at radius 1 is 1.10 bits per heavy atom. The first-order valence-electron chi connectivity index (χ1n) is 6.14. The topological polar surface area (TPSA) is 0 Å². The number of alkyl halides is 1. The minimum absolute atomic E-state index is 0.235. The van der Waals surface area contributed by atoms with Gasteiger partial charge < -0.3 is 0 Å². The van der Waals surface area contributed by atoms with Gasteiger partial charge in [0.2, 0.25) is 0 Å². The molecule has 1 unspecified atom stereocenters. The summed E-state index contributed by atoms with van der Waals surface area (Å²) in [7, 11) is 0. The highest BCUT2D eigenvalue weighted by Crippen LogP contribution is 2.41. The van der Waals surface area contributed by atoms with E-state index in [2.05, 4.69) is 0 Å². The molecule has 1 heterocycles. The van der Waals surface area contributed by atoms with Crippen LogP contribution in [-0.2, 0) is 0 Å². The molecule has 4 heteroatoms. The molecule has 0 saturated carbocycles. The molecule has 0 N–H and O–H groups in total. The van der Waals surface area contributed by atoms with Crippen LogP contribution in [0.5, 0.6) is 0 Å². The number of rotatable bonds is 2. The van der Waals surface area contributed by atoms with Crippen LogP contribution in [0.3, 0.4) is 0 Å². The van der Waals surface area contributed by atoms with Crippen molar-refractivity contribution in [1.29, 1.82) is 0 Å². The lowest BCUT2D eigenvalue weighted by Crippen LogP contribution is -1.94. The van der Waals surface area contributed by atoms with Crippen molar-refractivity contribution in [3.05, 3.63) is 68.6 Å². The molecule has 2 aromatic carbocycles. The summed E-state index contributed by atoms with van der Waals surface area (Å²) in [4.78, 5) is 0.905. The fourth-order valence-corrected chi connectivity index (χ4v) is 4.07. The third kappa shape index (κ3) is 2.22. The van der Waals surface area contributed by atoms with E-state index in [1.807, 2.05) is 30.5 Å². The average Bonchev–Trinajstić information content (AvgIpc) is 2.79. The highest BCUT2D eigenvalue weighted by atomic mass is 35.5. The zero-order chi connectivity index (χ0) is 14.3. The summed E-state index contributed by atoms with van der Waals surface area (Å²) in [6, 6.07) is 10.6. The van der Waals surface area contributed by atoms with Gasteiger partial charge in [0.25, 0.3) is 0 Å². The van der Waals surface area contributed by atoms with E-state index in [0.717, 1.165) is 21.4 Å². The predicted molar refractivity (Wildman–Crippen MR) is 85.7 cm³/mol. The van der Waals surface area contributed by atoms with E-state index in [0.29, 0.717) is 10.4 Å². The quantitative estimate of drug-likeness (QED) is 0.483. The highest BCUT2D eigenvalue weighted by Gasteiger charge is 2.20. The number of fused-ring (bicyclic) bond motifs is 1. The Balaban J connectivity index is 2.20. The molecule has 0 aliphatic rings. The molecule has 0 spiro atoms. The number of thiophene rings is 1. The summed E-state index contributed by atoms with van der Waals surface area (Å²) in [5.74, 6) is -0.235. The number of hydrogen-bond acceptors (Lipinski definition) is 1. The molecule has 102 valence electrons. The van der Waals surface area contributed by atoms with Crippen molar-refractivity contribution in [1.82, 2.24) is 0 Å². The molecule has 0 fully saturated rings. The maximum atomic E-state index is 13.8. The second-order valence-corrected chi connectivity index (χ2v) is 6.37. The van der Waals surface area contributed by atoms with E-state index in [4.69, 9.17) is 23.2 Å². The molecule has 0 aliphatic heterocycles. The third-order valence-corrected chi connectivity index (χ3v) is 5.69. The lowest BCUT2D eigenvalue weighted by atomic mass is 10.0. The van der Waals surface area contributed by atoms with Gasteiger partial charge in [-0.05, 0) is 34.9 Å². The van der Waals surface area contributed by atoms with Gasteiger partial charge >= 0.3 is 0 Å². The predicted octanol–water partition coefficient (Wildman–Crippen LogP) is 6.33. The van der Waals surface area contributed by atoms with Crippen LogP contribution in [0.4, 0.5) is 4.39 Å². The van der Waals surface area contributed by atoms with Crippen molar-refractivity contribution < 1.29 is 4.39 Å². The highest BCUT2D eigenvalue weighted by molar-refractivity contribution is 7.11. The summed E-state index contributed by atoms with van der Waals surface area (Å²) in [6.07, 6.45) is 0. The van der Waals surface area contributed by atoms with Gasteiger partial charge in [0.05, 0.1) is 10.4 Å². The molecular formula is C16H11Cl2FS. The lowest BCUT2D eigenvalue weighted by molar-refractivity contribution is 0.639. The Hall–Kier alpha value is -1.09. The maximum Gasteiger partial charge on any atom is 0.131 e. The zero-order valence-electron chi connectivity index (χ0n) is 10.7. The molecule has 0 radical (unpaired) electrons. The van der Waals surface area contributed by atoms with Gasteiger partial charge in [-0.2, -0.15) is 0 Å². The van der Waals surface area contributed by atoms with Gasteiger partial charge in [-0.3, -0.25) is 0 Å². The normalized spacial score (nSPS) is 12.8. The molecule has 1 atom stereocenters. The summed E-state index contributed by atoms with van der Waals surface area (Å²) in [6.45, 7) is 1.95. The molecular weight excluding hydrogens is 314 g/mol. The minimum atomic E-state index is -0.369. The number of halogens is 3. The van der Waals surface area contributed by atoms with Gasteiger partial charge in [0.15, 0.2) is 0 Å². The van der Waals surface area contributed by atoms with E-state index in [-0.39, 0.29) is 11.2 Å². The van der Waals surface area contributed by atoms with E-state index in [1.165, 1.54) is 17.4 Å². The third-order valence-electron chi connectivity index (χ3n) is 3.33. The van der Waals surface area contributed by atoms with Crippen LogP contribution >= 0.6 is 34.5 Å². The summed E-state index contributed by atoms with van der Waals surface area (Å²) in [5.41, 5.74) is 1.90. The fourth-order valence-electron chi connectivity index (χ4n) is 2.27. The van der Waals surface area contributed by atoms with Crippen LogP contribution < -0.4 is 0 Å². The fraction of sp³-hybridized carbons (Fsp3) is 0.125. The monoisotopic (exact) mass is 324 g/mol. The van der Waals surface area contributed by atoms with Crippen molar-refractivity contribution in [3.63, 3.8) is 0 Å². The molecule has 3 aromatic rings. The SMILES string of the molecule is Cc1csc(C(Cl)c2ccc(F)c3ccccc23)c1Cl. The summed E-state index contributed by atoms with van der Waals surface area (Å²) in [5, 5.41) is 3.73. The first-order valence-corrected chi connectivity index (χ1v) is 7.83. The largest absolute Gasteiger partial charge is 0.206 e. The second-order valence-electron chi connectivity index (χ2n) is 4.64. The van der Waals surface area contributed by atoms with Crippen molar-refractivity contribution in [2.45, 2.75) is 12.3 Å². The Kier molecular flexibility index (Phi) is 3.72. The van der Waals surface area contributed by atoms with Crippen LogP contribution in [0.15, 0.2) is 41.8 Å². The summed E-state index contributed by atoms with van der Waals surface area (Å²) >= 11 is 14.4. The first-order chi connectivity index (χ1) is 9.59. The Morgan fingerprint density at radius 2 is 1.80 bits per heavy atom. The van der Waals surface area contributed by atoms with E-state index < -0.39 is 0 Å². The van der Waals surface area contributed by atoms with Crippen molar-refractivity contribution in [2.75, 3.05) is 0 Å². The van der Waals surface area contributed by atoms with E-state index >= 15 is 0 Å². The molecule has 0 nitrogen and oxygen atoms in total. The van der Waals surface area contributed by atoms with Crippen molar-refractivity contribution in [2.24, 2.45) is 0 Å². The van der Waals surface area contributed by atoms with Gasteiger partial charge in [-0.25, -0.2) is 4.39 Å². The molecule has 0 saturated heterocycles. The minimum Gasteiger partial charge on any atom is -0.206 e. The van der Waals surface area contributed by atoms with Crippen LogP contribution in [0, 0.1) is 12.7 Å².